The minimum atomic E-state index is -4.81. The van der Waals surface area contributed by atoms with Crippen molar-refractivity contribution in [3.63, 3.8) is 0 Å². The number of hydrogen-bond acceptors (Lipinski definition) is 5. The fraction of sp³-hybridized carbons (Fsp3) is 0.533. The van der Waals surface area contributed by atoms with Gasteiger partial charge in [0, 0.05) is 38.3 Å². The van der Waals surface area contributed by atoms with E-state index in [2.05, 4.69) is 10.1 Å². The number of nitrogens with one attached hydrogen (secondary N) is 1. The number of rotatable bonds is 4. The molecular formula is C15H19F4N3O2. The summed E-state index contributed by atoms with van der Waals surface area (Å²) in [6.07, 6.45) is -4.81. The van der Waals surface area contributed by atoms with Crippen LogP contribution in [0.3, 0.4) is 0 Å². The van der Waals surface area contributed by atoms with Gasteiger partial charge in [-0.05, 0) is 13.0 Å². The molecule has 0 aliphatic carbocycles. The normalized spacial score (nSPS) is 16.2. The predicted molar refractivity (Wildman–Crippen MR) is 79.9 cm³/mol. The average Bonchev–Trinajstić information content (AvgIpc) is 2.52. The molecule has 134 valence electrons. The van der Waals surface area contributed by atoms with Crippen LogP contribution in [0.25, 0.3) is 0 Å². The predicted octanol–water partition coefficient (Wildman–Crippen LogP) is 2.01. The Labute approximate surface area is 136 Å². The van der Waals surface area contributed by atoms with Gasteiger partial charge < -0.3 is 15.8 Å². The highest BCUT2D eigenvalue weighted by Crippen LogP contribution is 2.37. The molecule has 0 bridgehead atoms. The second kappa shape index (κ2) is 7.35. The number of alkyl halides is 3. The van der Waals surface area contributed by atoms with Crippen LogP contribution in [0.1, 0.15) is 28.4 Å². The highest BCUT2D eigenvalue weighted by Gasteiger charge is 2.37. The van der Waals surface area contributed by atoms with Crippen molar-refractivity contribution >= 4 is 11.7 Å². The Hall–Kier alpha value is -1.87. The number of carbonyl (C=O) groups excluding carboxylic acids is 1. The molecule has 0 amide bonds. The van der Waals surface area contributed by atoms with E-state index in [0.717, 1.165) is 0 Å². The molecule has 0 saturated carbocycles. The summed E-state index contributed by atoms with van der Waals surface area (Å²) in [6, 6.07) is 0.577. The maximum Gasteiger partial charge on any atom is 0.416 e. The third kappa shape index (κ3) is 3.96. The summed E-state index contributed by atoms with van der Waals surface area (Å²) in [5.74, 6) is -2.29. The Balaban J connectivity index is 2.48. The van der Waals surface area contributed by atoms with Gasteiger partial charge in [-0.25, -0.2) is 9.18 Å². The van der Waals surface area contributed by atoms with E-state index < -0.39 is 40.3 Å². The van der Waals surface area contributed by atoms with E-state index >= 15 is 0 Å². The standard InChI is InChI=1S/C15H19F4N3O2/c1-2-24-14(23)9-7-11(15(17,18)19)10(12(16)13(9)20)8-22-5-3-21-4-6-22/h7,21H,2-6,8,20H2,1H3. The van der Waals surface area contributed by atoms with E-state index in [1.165, 1.54) is 6.92 Å². The molecule has 0 aromatic heterocycles. The summed E-state index contributed by atoms with van der Waals surface area (Å²) in [7, 11) is 0. The van der Waals surface area contributed by atoms with Crippen LogP contribution in [0.5, 0.6) is 0 Å². The van der Waals surface area contributed by atoms with Crippen molar-refractivity contribution in [2.45, 2.75) is 19.6 Å². The van der Waals surface area contributed by atoms with Crippen LogP contribution in [-0.4, -0.2) is 43.7 Å². The lowest BCUT2D eigenvalue weighted by molar-refractivity contribution is -0.138. The van der Waals surface area contributed by atoms with Gasteiger partial charge in [-0.3, -0.25) is 4.90 Å². The van der Waals surface area contributed by atoms with Gasteiger partial charge in [0.15, 0.2) is 5.82 Å². The number of hydrogen-bond donors (Lipinski definition) is 2. The van der Waals surface area contributed by atoms with Crippen LogP contribution in [-0.2, 0) is 17.5 Å². The zero-order valence-electron chi connectivity index (χ0n) is 13.2. The lowest BCUT2D eigenvalue weighted by atomic mass is 9.99. The molecule has 0 unspecified atom stereocenters. The highest BCUT2D eigenvalue weighted by molar-refractivity contribution is 5.95. The molecular weight excluding hydrogens is 330 g/mol. The molecule has 1 aromatic carbocycles. The first-order valence-corrected chi connectivity index (χ1v) is 7.54. The second-order valence-electron chi connectivity index (χ2n) is 5.42. The Kier molecular flexibility index (Phi) is 5.66. The van der Waals surface area contributed by atoms with Crippen molar-refractivity contribution in [3.05, 3.63) is 28.6 Å². The number of benzene rings is 1. The number of piperazine rings is 1. The number of esters is 1. The van der Waals surface area contributed by atoms with Crippen LogP contribution >= 0.6 is 0 Å². The Morgan fingerprint density at radius 1 is 1.38 bits per heavy atom. The zero-order valence-corrected chi connectivity index (χ0v) is 13.2. The van der Waals surface area contributed by atoms with Gasteiger partial charge in [0.05, 0.1) is 23.4 Å². The minimum Gasteiger partial charge on any atom is -0.462 e. The Morgan fingerprint density at radius 3 is 2.54 bits per heavy atom. The van der Waals surface area contributed by atoms with Gasteiger partial charge in [-0.1, -0.05) is 0 Å². The summed E-state index contributed by atoms with van der Waals surface area (Å²) in [6.45, 7) is 3.43. The second-order valence-corrected chi connectivity index (χ2v) is 5.42. The van der Waals surface area contributed by atoms with Crippen molar-refractivity contribution in [1.82, 2.24) is 10.2 Å². The molecule has 9 heteroatoms. The monoisotopic (exact) mass is 349 g/mol. The quantitative estimate of drug-likeness (QED) is 0.494. The van der Waals surface area contributed by atoms with Gasteiger partial charge in [-0.15, -0.1) is 0 Å². The maximum atomic E-state index is 14.5. The summed E-state index contributed by atoms with van der Waals surface area (Å²) >= 11 is 0. The Morgan fingerprint density at radius 2 is 2.00 bits per heavy atom. The summed E-state index contributed by atoms with van der Waals surface area (Å²) < 4.78 is 59.2. The third-order valence-corrected chi connectivity index (χ3v) is 3.80. The average molecular weight is 349 g/mol. The first-order chi connectivity index (χ1) is 11.3. The number of anilines is 1. The topological polar surface area (TPSA) is 67.6 Å². The van der Waals surface area contributed by atoms with E-state index in [1.54, 1.807) is 4.90 Å². The van der Waals surface area contributed by atoms with Crippen molar-refractivity contribution in [3.8, 4) is 0 Å². The van der Waals surface area contributed by atoms with Gasteiger partial charge in [0.25, 0.3) is 0 Å². The van der Waals surface area contributed by atoms with Crippen LogP contribution in [0, 0.1) is 5.82 Å². The molecule has 1 aromatic rings. The van der Waals surface area contributed by atoms with Crippen molar-refractivity contribution < 1.29 is 27.1 Å². The largest absolute Gasteiger partial charge is 0.462 e. The molecule has 1 aliphatic rings. The summed E-state index contributed by atoms with van der Waals surface area (Å²) in [4.78, 5) is 13.4. The molecule has 0 atom stereocenters. The molecule has 3 N–H and O–H groups in total. The molecule has 1 heterocycles. The number of nitrogen functional groups attached to an aromatic ring is 1. The minimum absolute atomic E-state index is 0.0518. The van der Waals surface area contributed by atoms with Crippen LogP contribution in [0.15, 0.2) is 6.07 Å². The molecule has 0 radical (unpaired) electrons. The SMILES string of the molecule is CCOC(=O)c1cc(C(F)(F)F)c(CN2CCNCC2)c(F)c1N. The van der Waals surface area contributed by atoms with Crippen molar-refractivity contribution in [2.75, 3.05) is 38.5 Å². The first kappa shape index (κ1) is 18.5. The van der Waals surface area contributed by atoms with Crippen LogP contribution < -0.4 is 11.1 Å². The van der Waals surface area contributed by atoms with Crippen molar-refractivity contribution in [2.24, 2.45) is 0 Å². The van der Waals surface area contributed by atoms with Gasteiger partial charge in [0.1, 0.15) is 0 Å². The first-order valence-electron chi connectivity index (χ1n) is 7.54. The number of ether oxygens (including phenoxy) is 1. The highest BCUT2D eigenvalue weighted by atomic mass is 19.4. The number of nitrogens with zero attached hydrogens (tertiary/aromatic N) is 1. The van der Waals surface area contributed by atoms with Crippen LogP contribution in [0.2, 0.25) is 0 Å². The van der Waals surface area contributed by atoms with E-state index in [-0.39, 0.29) is 13.2 Å². The molecule has 1 aliphatic heterocycles. The van der Waals surface area contributed by atoms with E-state index in [9.17, 15) is 22.4 Å². The van der Waals surface area contributed by atoms with Gasteiger partial charge in [-0.2, -0.15) is 13.2 Å². The molecule has 1 saturated heterocycles. The number of halogens is 4. The summed E-state index contributed by atoms with van der Waals surface area (Å²) in [5, 5.41) is 3.07. The summed E-state index contributed by atoms with van der Waals surface area (Å²) in [5.41, 5.74) is 2.59. The van der Waals surface area contributed by atoms with Gasteiger partial charge in [0.2, 0.25) is 0 Å². The number of carbonyl (C=O) groups is 1. The number of nitrogens with two attached hydrogens (primary N) is 1. The van der Waals surface area contributed by atoms with E-state index in [1.807, 2.05) is 0 Å². The molecule has 24 heavy (non-hydrogen) atoms. The lowest BCUT2D eigenvalue weighted by Gasteiger charge is -2.29. The van der Waals surface area contributed by atoms with E-state index in [4.69, 9.17) is 5.73 Å². The fourth-order valence-corrected chi connectivity index (χ4v) is 2.59. The lowest BCUT2D eigenvalue weighted by Crippen LogP contribution is -2.43. The van der Waals surface area contributed by atoms with Crippen LogP contribution in [0.4, 0.5) is 23.2 Å². The fourth-order valence-electron chi connectivity index (χ4n) is 2.59. The Bertz CT molecular complexity index is 614. The third-order valence-electron chi connectivity index (χ3n) is 3.80. The molecule has 1 fully saturated rings. The van der Waals surface area contributed by atoms with Crippen molar-refractivity contribution in [1.29, 1.82) is 0 Å². The molecule has 2 rings (SSSR count). The zero-order chi connectivity index (χ0) is 17.9. The van der Waals surface area contributed by atoms with E-state index in [0.29, 0.717) is 32.2 Å². The van der Waals surface area contributed by atoms with Gasteiger partial charge >= 0.3 is 12.1 Å². The molecule has 5 nitrogen and oxygen atoms in total. The maximum absolute atomic E-state index is 14.5. The smallest absolute Gasteiger partial charge is 0.416 e. The molecule has 0 spiro atoms.